The number of methoxy groups -OCH3 is 1. The van der Waals surface area contributed by atoms with Crippen LogP contribution >= 0.6 is 0 Å². The second-order valence-corrected chi connectivity index (χ2v) is 10.3. The van der Waals surface area contributed by atoms with Gasteiger partial charge in [-0.05, 0) is 62.6 Å². The second-order valence-electron chi connectivity index (χ2n) is 10.3. The van der Waals surface area contributed by atoms with Gasteiger partial charge in [0.05, 0.1) is 18.7 Å². The molecule has 1 aromatic rings. The van der Waals surface area contributed by atoms with E-state index in [9.17, 15) is 19.5 Å². The Labute approximate surface area is 232 Å². The van der Waals surface area contributed by atoms with Crippen molar-refractivity contribution in [2.45, 2.75) is 69.6 Å². The minimum atomic E-state index is -1.04. The van der Waals surface area contributed by atoms with Gasteiger partial charge in [-0.15, -0.1) is 0 Å². The lowest BCUT2D eigenvalue weighted by atomic mass is 10.0. The molecular formula is C30H44N4O5. The van der Waals surface area contributed by atoms with Crippen molar-refractivity contribution in [1.82, 2.24) is 20.9 Å². The molecule has 1 aliphatic heterocycles. The number of carboxylic acid groups (broad SMARTS) is 1. The number of hydrogen-bond donors (Lipinski definition) is 4. The first-order chi connectivity index (χ1) is 18.9. The van der Waals surface area contributed by atoms with E-state index in [4.69, 9.17) is 4.74 Å². The minimum absolute atomic E-state index is 0.0245. The minimum Gasteiger partial charge on any atom is -0.480 e. The third kappa shape index (κ3) is 11.3. The normalized spacial score (nSPS) is 18.7. The van der Waals surface area contributed by atoms with Crippen molar-refractivity contribution in [1.29, 1.82) is 0 Å². The van der Waals surface area contributed by atoms with Crippen LogP contribution in [0.2, 0.25) is 0 Å². The van der Waals surface area contributed by atoms with Crippen LogP contribution in [0.1, 0.15) is 50.5 Å². The molecule has 0 bridgehead atoms. The Kier molecular flexibility index (Phi) is 13.2. The smallest absolute Gasteiger partial charge is 0.317 e. The molecule has 1 aliphatic carbocycles. The van der Waals surface area contributed by atoms with Gasteiger partial charge in [0.25, 0.3) is 0 Å². The Morgan fingerprint density at radius 1 is 1.10 bits per heavy atom. The highest BCUT2D eigenvalue weighted by molar-refractivity contribution is 5.84. The predicted molar refractivity (Wildman–Crippen MR) is 151 cm³/mol. The molecular weight excluding hydrogens is 496 g/mol. The molecule has 1 aromatic carbocycles. The number of ether oxygens (including phenoxy) is 1. The molecule has 0 spiro atoms. The number of nitrogens with one attached hydrogen (secondary N) is 3. The van der Waals surface area contributed by atoms with Crippen molar-refractivity contribution in [2.75, 3.05) is 39.8 Å². The van der Waals surface area contributed by atoms with Crippen LogP contribution in [0.25, 0.3) is 0 Å². The zero-order valence-corrected chi connectivity index (χ0v) is 23.1. The number of benzene rings is 1. The molecule has 0 aromatic heterocycles. The molecule has 1 unspecified atom stereocenters. The van der Waals surface area contributed by atoms with E-state index in [0.717, 1.165) is 44.3 Å². The van der Waals surface area contributed by atoms with Crippen LogP contribution in [0.4, 0.5) is 0 Å². The standard InChI is InChI=1S/C30H44N4O5/c1-39-26-12-8-11-24(20-26)21-31-16-15-25(19-23-9-4-2-5-10-23)33-30(38)27(32-22-29(36)37)13-14-28(35)34-17-6-3-7-18-34/h2,4-5,8-11,20,25-27,31-32H,3,6-7,12-19,21-22H2,1H3,(H,33,38)(H,36,37)/t25-,26?,27+/m1/s1. The first-order valence-electron chi connectivity index (χ1n) is 14.1. The first kappa shape index (κ1) is 30.5. The van der Waals surface area contributed by atoms with Crippen LogP contribution < -0.4 is 16.0 Å². The summed E-state index contributed by atoms with van der Waals surface area (Å²) in [4.78, 5) is 39.1. The number of piperidine rings is 1. The van der Waals surface area contributed by atoms with E-state index in [0.29, 0.717) is 25.9 Å². The van der Waals surface area contributed by atoms with E-state index in [2.05, 4.69) is 34.2 Å². The monoisotopic (exact) mass is 540 g/mol. The zero-order chi connectivity index (χ0) is 27.9. The van der Waals surface area contributed by atoms with E-state index in [1.807, 2.05) is 35.2 Å². The van der Waals surface area contributed by atoms with Gasteiger partial charge in [-0.2, -0.15) is 0 Å². The van der Waals surface area contributed by atoms with Gasteiger partial charge >= 0.3 is 5.97 Å². The van der Waals surface area contributed by atoms with Crippen molar-refractivity contribution in [3.63, 3.8) is 0 Å². The van der Waals surface area contributed by atoms with Crippen LogP contribution in [0, 0.1) is 0 Å². The maximum absolute atomic E-state index is 13.4. The third-order valence-corrected chi connectivity index (χ3v) is 7.24. The summed E-state index contributed by atoms with van der Waals surface area (Å²) in [6, 6.07) is 9.07. The summed E-state index contributed by atoms with van der Waals surface area (Å²) in [6.45, 7) is 2.57. The van der Waals surface area contributed by atoms with Crippen molar-refractivity contribution in [3.8, 4) is 0 Å². The lowest BCUT2D eigenvalue weighted by molar-refractivity contribution is -0.136. The molecule has 1 saturated heterocycles. The molecule has 1 heterocycles. The van der Waals surface area contributed by atoms with E-state index in [-0.39, 0.29) is 43.3 Å². The maximum Gasteiger partial charge on any atom is 0.317 e. The fourth-order valence-corrected chi connectivity index (χ4v) is 5.04. The van der Waals surface area contributed by atoms with E-state index < -0.39 is 12.0 Å². The fourth-order valence-electron chi connectivity index (χ4n) is 5.04. The van der Waals surface area contributed by atoms with Crippen molar-refractivity contribution >= 4 is 17.8 Å². The van der Waals surface area contributed by atoms with Gasteiger partial charge in [0.15, 0.2) is 0 Å². The van der Waals surface area contributed by atoms with Gasteiger partial charge in [-0.25, -0.2) is 0 Å². The Morgan fingerprint density at radius 2 is 1.87 bits per heavy atom. The third-order valence-electron chi connectivity index (χ3n) is 7.24. The average Bonchev–Trinajstić information content (AvgIpc) is 2.96. The molecule has 4 N–H and O–H groups in total. The molecule has 0 radical (unpaired) electrons. The molecule has 9 nitrogen and oxygen atoms in total. The quantitative estimate of drug-likeness (QED) is 0.238. The summed E-state index contributed by atoms with van der Waals surface area (Å²) in [5.74, 6) is -1.29. The average molecular weight is 541 g/mol. The topological polar surface area (TPSA) is 120 Å². The van der Waals surface area contributed by atoms with Gasteiger partial charge in [-0.3, -0.25) is 19.7 Å². The molecule has 2 aliphatic rings. The number of hydrogen-bond acceptors (Lipinski definition) is 6. The molecule has 3 atom stereocenters. The van der Waals surface area contributed by atoms with Crippen LogP contribution in [-0.4, -0.2) is 85.8 Å². The number of carboxylic acids is 1. The second kappa shape index (κ2) is 16.8. The highest BCUT2D eigenvalue weighted by atomic mass is 16.5. The Bertz CT molecular complexity index is 975. The number of nitrogens with zero attached hydrogens (tertiary/aromatic N) is 1. The number of aliphatic carboxylic acids is 1. The summed E-state index contributed by atoms with van der Waals surface area (Å²) in [5, 5.41) is 18.6. The fraction of sp³-hybridized carbons (Fsp3) is 0.567. The van der Waals surface area contributed by atoms with Gasteiger partial charge in [0.2, 0.25) is 11.8 Å². The van der Waals surface area contributed by atoms with E-state index in [1.54, 1.807) is 7.11 Å². The number of amides is 2. The number of rotatable bonds is 16. The molecule has 39 heavy (non-hydrogen) atoms. The van der Waals surface area contributed by atoms with E-state index >= 15 is 0 Å². The summed E-state index contributed by atoms with van der Waals surface area (Å²) in [5.41, 5.74) is 2.28. The van der Waals surface area contributed by atoms with Crippen molar-refractivity contribution in [3.05, 3.63) is 59.7 Å². The summed E-state index contributed by atoms with van der Waals surface area (Å²) < 4.78 is 5.43. The van der Waals surface area contributed by atoms with Crippen LogP contribution in [0.5, 0.6) is 0 Å². The molecule has 0 saturated carbocycles. The SMILES string of the molecule is COC1C=C(CNCC[C@H](Cc2ccccc2)NC(=O)[C@H](CCC(=O)N2CCCCC2)NCC(=O)O)C=CC1. The molecule has 2 amide bonds. The van der Waals surface area contributed by atoms with Crippen molar-refractivity contribution < 1.29 is 24.2 Å². The number of carbonyl (C=O) groups excluding carboxylic acids is 2. The van der Waals surface area contributed by atoms with Crippen LogP contribution in [-0.2, 0) is 25.5 Å². The van der Waals surface area contributed by atoms with Gasteiger partial charge in [0.1, 0.15) is 0 Å². The molecule has 3 rings (SSSR count). The van der Waals surface area contributed by atoms with Crippen LogP contribution in [0.15, 0.2) is 54.1 Å². The molecule has 1 fully saturated rings. The van der Waals surface area contributed by atoms with Crippen LogP contribution in [0.3, 0.4) is 0 Å². The largest absolute Gasteiger partial charge is 0.480 e. The van der Waals surface area contributed by atoms with Gasteiger partial charge in [0, 0.05) is 39.2 Å². The summed E-state index contributed by atoms with van der Waals surface area (Å²) in [7, 11) is 1.71. The zero-order valence-electron chi connectivity index (χ0n) is 23.1. The summed E-state index contributed by atoms with van der Waals surface area (Å²) >= 11 is 0. The van der Waals surface area contributed by atoms with Crippen molar-refractivity contribution in [2.24, 2.45) is 0 Å². The highest BCUT2D eigenvalue weighted by Crippen LogP contribution is 2.14. The predicted octanol–water partition coefficient (Wildman–Crippen LogP) is 2.43. The number of likely N-dealkylation sites (tertiary alicyclic amines) is 1. The molecule has 9 heteroatoms. The first-order valence-corrected chi connectivity index (χ1v) is 14.1. The summed E-state index contributed by atoms with van der Waals surface area (Å²) in [6.07, 6.45) is 12.3. The lowest BCUT2D eigenvalue weighted by Gasteiger charge is -2.28. The number of carbonyl (C=O) groups is 3. The Hall–Kier alpha value is -3.01. The maximum atomic E-state index is 13.4. The Balaban J connectivity index is 1.58. The van der Waals surface area contributed by atoms with Gasteiger partial charge in [-0.1, -0.05) is 48.6 Å². The lowest BCUT2D eigenvalue weighted by Crippen LogP contribution is -2.50. The molecule has 214 valence electrons. The highest BCUT2D eigenvalue weighted by Gasteiger charge is 2.25. The van der Waals surface area contributed by atoms with Gasteiger partial charge < -0.3 is 25.4 Å². The Morgan fingerprint density at radius 3 is 2.59 bits per heavy atom. The van der Waals surface area contributed by atoms with E-state index in [1.165, 1.54) is 5.57 Å².